The molecule has 2 heterocycles. The number of hydrazone groups is 1. The highest BCUT2D eigenvalue weighted by Gasteiger charge is 2.22. The number of nitrogens with one attached hydrogen (secondary N) is 4. The molecule has 12 heteroatoms. The van der Waals surface area contributed by atoms with Gasteiger partial charge in [0.1, 0.15) is 18.2 Å². The van der Waals surface area contributed by atoms with Crippen LogP contribution in [0.25, 0.3) is 17.3 Å². The first kappa shape index (κ1) is 27.5. The average molecular weight is 547 g/mol. The molecule has 3 aromatic rings. The predicted molar refractivity (Wildman–Crippen MR) is 156 cm³/mol. The zero-order chi connectivity index (χ0) is 27.8. The first-order valence-corrected chi connectivity index (χ1v) is 12.9. The second kappa shape index (κ2) is 12.8. The number of nitrogens with two attached hydrogens (primary N) is 2. The Bertz CT molecular complexity index is 1420. The molecule has 0 aliphatic carbocycles. The molecule has 1 atom stereocenters. The topological polar surface area (TPSA) is 173 Å². The Morgan fingerprint density at radius 3 is 2.90 bits per heavy atom. The number of H-pyrrole nitrogens is 1. The lowest BCUT2D eigenvalue weighted by atomic mass is 10.0. The Balaban J connectivity index is 1.63. The maximum Gasteiger partial charge on any atom is 0.244 e. The highest BCUT2D eigenvalue weighted by Crippen LogP contribution is 2.34. The van der Waals surface area contributed by atoms with Crippen LogP contribution in [0.3, 0.4) is 0 Å². The van der Waals surface area contributed by atoms with Crippen LogP contribution in [0.2, 0.25) is 5.02 Å². The zero-order valence-corrected chi connectivity index (χ0v) is 22.3. The van der Waals surface area contributed by atoms with Crippen molar-refractivity contribution in [2.24, 2.45) is 16.8 Å². The van der Waals surface area contributed by atoms with E-state index in [4.69, 9.17) is 23.3 Å². The molecule has 39 heavy (non-hydrogen) atoms. The van der Waals surface area contributed by atoms with Crippen LogP contribution in [0.4, 0.5) is 17.1 Å². The number of nitriles is 1. The Morgan fingerprint density at radius 2 is 2.13 bits per heavy atom. The number of hydrogen-bond acceptors (Lipinski definition) is 8. The van der Waals surface area contributed by atoms with E-state index in [2.05, 4.69) is 37.1 Å². The monoisotopic (exact) mass is 546 g/mol. The standard InChI is InChI=1S/C27H31ClN10O/c1-32-19-8-9-20-22(14-19)33-12-4-2-3-5-21(27-36-23(15-29)26(20)37-27)35-25(39)11-6-17-13-18(28)7-10-24(17)38(31)16-34-30/h6-11,13-14,16,21,32-33H,2-5,12,30-31H2,1H3,(H,35,39)(H,36,37)/b11-6+,34-16-. The van der Waals surface area contributed by atoms with Gasteiger partial charge in [0.2, 0.25) is 5.91 Å². The number of hydrogen-bond donors (Lipinski definition) is 6. The van der Waals surface area contributed by atoms with Crippen molar-refractivity contribution in [2.75, 3.05) is 29.2 Å². The summed E-state index contributed by atoms with van der Waals surface area (Å²) < 4.78 is 0. The minimum absolute atomic E-state index is 0.271. The number of amides is 1. The summed E-state index contributed by atoms with van der Waals surface area (Å²) >= 11 is 6.16. The van der Waals surface area contributed by atoms with Crippen LogP contribution in [-0.2, 0) is 4.79 Å². The molecule has 0 saturated heterocycles. The van der Waals surface area contributed by atoms with Crippen LogP contribution in [0.5, 0.6) is 0 Å². The normalized spacial score (nSPS) is 15.5. The molecule has 4 rings (SSSR count). The van der Waals surface area contributed by atoms with Gasteiger partial charge < -0.3 is 26.8 Å². The Kier molecular flexibility index (Phi) is 9.04. The van der Waals surface area contributed by atoms with Crippen molar-refractivity contribution in [3.05, 3.63) is 64.6 Å². The number of carbonyl (C=O) groups excluding carboxylic acids is 1. The molecule has 0 spiro atoms. The molecule has 0 fully saturated rings. The van der Waals surface area contributed by atoms with E-state index in [0.717, 1.165) is 42.7 Å². The predicted octanol–water partition coefficient (Wildman–Crippen LogP) is 4.08. The average Bonchev–Trinajstić information content (AvgIpc) is 3.37. The van der Waals surface area contributed by atoms with Crippen molar-refractivity contribution < 1.29 is 4.79 Å². The third-order valence-corrected chi connectivity index (χ3v) is 6.65. The fourth-order valence-corrected chi connectivity index (χ4v) is 4.64. The van der Waals surface area contributed by atoms with Crippen molar-refractivity contribution in [1.82, 2.24) is 15.3 Å². The van der Waals surface area contributed by atoms with Gasteiger partial charge in [0.05, 0.1) is 17.4 Å². The molecule has 1 aromatic heterocycles. The third-order valence-electron chi connectivity index (χ3n) is 6.41. The number of fused-ring (bicyclic) bond motifs is 4. The van der Waals surface area contributed by atoms with Crippen molar-refractivity contribution in [3.8, 4) is 17.3 Å². The Hall–Kier alpha value is -4.53. The number of halogens is 1. The van der Waals surface area contributed by atoms with E-state index >= 15 is 0 Å². The van der Waals surface area contributed by atoms with Crippen LogP contribution in [-0.4, -0.2) is 35.8 Å². The highest BCUT2D eigenvalue weighted by molar-refractivity contribution is 6.30. The molecule has 0 radical (unpaired) electrons. The van der Waals surface area contributed by atoms with Gasteiger partial charge in [-0.2, -0.15) is 10.4 Å². The summed E-state index contributed by atoms with van der Waals surface area (Å²) in [5.41, 5.74) is 4.76. The van der Waals surface area contributed by atoms with Gasteiger partial charge >= 0.3 is 0 Å². The molecule has 8 N–H and O–H groups in total. The van der Waals surface area contributed by atoms with Crippen LogP contribution >= 0.6 is 11.6 Å². The van der Waals surface area contributed by atoms with Crippen molar-refractivity contribution >= 4 is 47.0 Å². The number of hydrazine groups is 1. The van der Waals surface area contributed by atoms with Gasteiger partial charge in [0.15, 0.2) is 5.69 Å². The number of benzene rings is 2. The van der Waals surface area contributed by atoms with Gasteiger partial charge in [-0.15, -0.1) is 0 Å². The molecule has 202 valence electrons. The van der Waals surface area contributed by atoms with E-state index in [1.807, 2.05) is 25.2 Å². The summed E-state index contributed by atoms with van der Waals surface area (Å²) in [5, 5.41) is 24.7. The second-order valence-electron chi connectivity index (χ2n) is 9.01. The lowest BCUT2D eigenvalue weighted by Gasteiger charge is -2.18. The Labute approximate surface area is 231 Å². The van der Waals surface area contributed by atoms with E-state index in [9.17, 15) is 10.1 Å². The summed E-state index contributed by atoms with van der Waals surface area (Å²) in [6, 6.07) is 12.8. The number of carbonyl (C=O) groups is 1. The molecule has 1 amide bonds. The van der Waals surface area contributed by atoms with Gasteiger partial charge in [0, 0.05) is 47.2 Å². The van der Waals surface area contributed by atoms with Crippen LogP contribution in [0.1, 0.15) is 48.8 Å². The molecule has 1 aliphatic heterocycles. The lowest BCUT2D eigenvalue weighted by Crippen LogP contribution is -2.30. The smallest absolute Gasteiger partial charge is 0.244 e. The van der Waals surface area contributed by atoms with Crippen LogP contribution in [0.15, 0.2) is 47.6 Å². The lowest BCUT2D eigenvalue weighted by molar-refractivity contribution is -0.117. The van der Waals surface area contributed by atoms with Crippen molar-refractivity contribution in [2.45, 2.75) is 31.7 Å². The second-order valence-corrected chi connectivity index (χ2v) is 9.45. The summed E-state index contributed by atoms with van der Waals surface area (Å²) in [6.07, 6.45) is 7.74. The third kappa shape index (κ3) is 6.67. The van der Waals surface area contributed by atoms with E-state index < -0.39 is 6.04 Å². The van der Waals surface area contributed by atoms with E-state index in [1.165, 1.54) is 17.4 Å². The molecule has 0 saturated carbocycles. The molecular weight excluding hydrogens is 516 g/mol. The number of aromatic amines is 1. The zero-order valence-electron chi connectivity index (χ0n) is 21.5. The molecule has 1 unspecified atom stereocenters. The van der Waals surface area contributed by atoms with E-state index in [1.54, 1.807) is 24.3 Å². The SMILES string of the molecule is CNc1ccc2c(c1)NCCCCCC(NC(=O)/C=C/c1cc(Cl)ccc1N(N)/C=N\N)c1nc(C#N)c-2[nH]1. The largest absolute Gasteiger partial charge is 0.388 e. The number of rotatable bonds is 6. The summed E-state index contributed by atoms with van der Waals surface area (Å²) in [5.74, 6) is 11.4. The van der Waals surface area contributed by atoms with Crippen molar-refractivity contribution in [3.63, 3.8) is 0 Å². The van der Waals surface area contributed by atoms with Crippen molar-refractivity contribution in [1.29, 1.82) is 5.26 Å². The molecule has 2 aromatic carbocycles. The molecule has 2 bridgehead atoms. The van der Waals surface area contributed by atoms with Gasteiger partial charge in [-0.25, -0.2) is 10.8 Å². The number of anilines is 3. The van der Waals surface area contributed by atoms with Gasteiger partial charge in [-0.05, 0) is 55.3 Å². The quantitative estimate of drug-likeness (QED) is 0.0881. The molecular formula is C27H31ClN10O. The number of aromatic nitrogens is 2. The van der Waals surface area contributed by atoms with E-state index in [0.29, 0.717) is 34.2 Å². The number of nitrogens with zero attached hydrogens (tertiary/aromatic N) is 4. The minimum atomic E-state index is -0.412. The Morgan fingerprint density at radius 1 is 1.28 bits per heavy atom. The summed E-state index contributed by atoms with van der Waals surface area (Å²) in [6.45, 7) is 0.789. The van der Waals surface area contributed by atoms with E-state index in [-0.39, 0.29) is 11.6 Å². The maximum absolute atomic E-state index is 13.0. The summed E-state index contributed by atoms with van der Waals surface area (Å²) in [7, 11) is 1.86. The van der Waals surface area contributed by atoms with Gasteiger partial charge in [-0.1, -0.05) is 24.4 Å². The first-order chi connectivity index (χ1) is 18.9. The maximum atomic E-state index is 13.0. The number of imidazole rings is 1. The minimum Gasteiger partial charge on any atom is -0.388 e. The van der Waals surface area contributed by atoms with Gasteiger partial charge in [-0.3, -0.25) is 9.80 Å². The molecule has 1 aliphatic rings. The van der Waals surface area contributed by atoms with Crippen LogP contribution < -0.4 is 32.6 Å². The summed E-state index contributed by atoms with van der Waals surface area (Å²) in [4.78, 5) is 20.9. The molecule has 11 nitrogen and oxygen atoms in total. The first-order valence-electron chi connectivity index (χ1n) is 12.5. The van der Waals surface area contributed by atoms with Crippen LogP contribution in [0, 0.1) is 11.3 Å². The fraction of sp³-hybridized carbons (Fsp3) is 0.259. The fourth-order valence-electron chi connectivity index (χ4n) is 4.46. The highest BCUT2D eigenvalue weighted by atomic mass is 35.5. The van der Waals surface area contributed by atoms with Gasteiger partial charge in [0.25, 0.3) is 0 Å².